The summed E-state index contributed by atoms with van der Waals surface area (Å²) in [7, 11) is 0. The Morgan fingerprint density at radius 3 is 0.868 bits per heavy atom. The summed E-state index contributed by atoms with van der Waals surface area (Å²) in [5, 5.41) is 5.09. The fraction of sp³-hybridized carbons (Fsp3) is 0. The predicted octanol–water partition coefficient (Wildman–Crippen LogP) is 10.7. The van der Waals surface area contributed by atoms with E-state index in [-0.39, 0.29) is 0 Å². The highest BCUT2D eigenvalue weighted by Crippen LogP contribution is 2.46. The summed E-state index contributed by atoms with van der Waals surface area (Å²) in [5.74, 6) is 0. The minimum atomic E-state index is 1.23. The van der Waals surface area contributed by atoms with Gasteiger partial charge in [0.1, 0.15) is 0 Å². The molecule has 0 amide bonds. The van der Waals surface area contributed by atoms with Crippen LogP contribution in [0.2, 0.25) is 0 Å². The monoisotopic (exact) mass is 482 g/mol. The molecular weight excluding hydrogens is 456 g/mol. The molecule has 0 unspecified atom stereocenters. The number of benzene rings is 7. The van der Waals surface area contributed by atoms with Crippen molar-refractivity contribution in [1.29, 1.82) is 0 Å². The Morgan fingerprint density at radius 2 is 0.526 bits per heavy atom. The van der Waals surface area contributed by atoms with Crippen molar-refractivity contribution in [2.45, 2.75) is 0 Å². The minimum Gasteiger partial charge on any atom is -0.0622 e. The number of hydrogen-bond donors (Lipinski definition) is 0. The molecular formula is C38H26. The Kier molecular flexibility index (Phi) is 5.57. The zero-order valence-electron chi connectivity index (χ0n) is 21.0. The van der Waals surface area contributed by atoms with E-state index in [4.69, 9.17) is 0 Å². The normalized spacial score (nSPS) is 11.2. The molecule has 7 aromatic rings. The van der Waals surface area contributed by atoms with Gasteiger partial charge in [-0.15, -0.1) is 0 Å². The van der Waals surface area contributed by atoms with Crippen LogP contribution in [0.1, 0.15) is 0 Å². The van der Waals surface area contributed by atoms with Crippen molar-refractivity contribution in [2.24, 2.45) is 0 Å². The van der Waals surface area contributed by atoms with Crippen LogP contribution < -0.4 is 0 Å². The standard InChI is InChI=1S/C38H26/c1-5-13-27(14-6-1)31-21-23-33-35(25-31)36-26-32(28-15-7-2-8-16-28)22-24-34(36)38(30-19-11-4-12-20-30)37(33)29-17-9-3-10-18-29/h1-26H. The lowest BCUT2D eigenvalue weighted by Gasteiger charge is -2.20. The van der Waals surface area contributed by atoms with E-state index in [2.05, 4.69) is 158 Å². The van der Waals surface area contributed by atoms with Gasteiger partial charge in [0, 0.05) is 0 Å². The maximum Gasteiger partial charge on any atom is -0.00203 e. The highest BCUT2D eigenvalue weighted by Gasteiger charge is 2.18. The van der Waals surface area contributed by atoms with Crippen molar-refractivity contribution in [3.8, 4) is 44.5 Å². The Bertz CT molecular complexity index is 1730. The lowest BCUT2D eigenvalue weighted by Crippen LogP contribution is -1.93. The quantitative estimate of drug-likeness (QED) is 0.219. The van der Waals surface area contributed by atoms with E-state index in [9.17, 15) is 0 Å². The molecule has 7 aromatic carbocycles. The van der Waals surface area contributed by atoms with E-state index in [0.717, 1.165) is 0 Å². The van der Waals surface area contributed by atoms with Gasteiger partial charge in [-0.25, -0.2) is 0 Å². The molecule has 0 bridgehead atoms. The first-order valence-corrected chi connectivity index (χ1v) is 13.1. The van der Waals surface area contributed by atoms with E-state index < -0.39 is 0 Å². The van der Waals surface area contributed by atoms with Crippen molar-refractivity contribution in [3.05, 3.63) is 158 Å². The first-order valence-electron chi connectivity index (χ1n) is 13.1. The second kappa shape index (κ2) is 9.50. The lowest BCUT2D eigenvalue weighted by atomic mass is 9.83. The van der Waals surface area contributed by atoms with Crippen LogP contribution in [0.3, 0.4) is 0 Å². The highest BCUT2D eigenvalue weighted by atomic mass is 14.2. The summed E-state index contributed by atoms with van der Waals surface area (Å²) in [6, 6.07) is 56.9. The molecule has 0 spiro atoms. The summed E-state index contributed by atoms with van der Waals surface area (Å²) in [6.45, 7) is 0. The third kappa shape index (κ3) is 3.88. The van der Waals surface area contributed by atoms with Crippen LogP contribution in [-0.4, -0.2) is 0 Å². The van der Waals surface area contributed by atoms with Crippen LogP contribution in [0.4, 0.5) is 0 Å². The van der Waals surface area contributed by atoms with Crippen molar-refractivity contribution in [3.63, 3.8) is 0 Å². The molecule has 0 aliphatic carbocycles. The minimum absolute atomic E-state index is 1.23. The van der Waals surface area contributed by atoms with E-state index in [1.165, 1.54) is 66.1 Å². The Hall–Kier alpha value is -4.94. The fourth-order valence-electron chi connectivity index (χ4n) is 5.67. The highest BCUT2D eigenvalue weighted by molar-refractivity contribution is 6.22. The molecule has 0 heterocycles. The third-order valence-electron chi connectivity index (χ3n) is 7.46. The molecule has 0 N–H and O–H groups in total. The largest absolute Gasteiger partial charge is 0.0622 e. The zero-order valence-corrected chi connectivity index (χ0v) is 21.0. The van der Waals surface area contributed by atoms with Gasteiger partial charge in [-0.2, -0.15) is 0 Å². The van der Waals surface area contributed by atoms with Crippen LogP contribution in [0, 0.1) is 0 Å². The van der Waals surface area contributed by atoms with Gasteiger partial charge in [0.25, 0.3) is 0 Å². The topological polar surface area (TPSA) is 0 Å². The summed E-state index contributed by atoms with van der Waals surface area (Å²) in [6.07, 6.45) is 0. The van der Waals surface area contributed by atoms with Gasteiger partial charge in [0.15, 0.2) is 0 Å². The molecule has 0 nitrogen and oxygen atoms in total. The van der Waals surface area contributed by atoms with Gasteiger partial charge >= 0.3 is 0 Å². The molecule has 0 heteroatoms. The Balaban J connectivity index is 1.65. The van der Waals surface area contributed by atoms with Crippen LogP contribution in [0.25, 0.3) is 66.1 Å². The summed E-state index contributed by atoms with van der Waals surface area (Å²) >= 11 is 0. The molecule has 0 aliphatic heterocycles. The first kappa shape index (κ1) is 22.3. The molecule has 0 fully saturated rings. The van der Waals surface area contributed by atoms with Crippen molar-refractivity contribution < 1.29 is 0 Å². The maximum atomic E-state index is 2.38. The molecule has 0 atom stereocenters. The molecule has 0 saturated heterocycles. The number of fused-ring (bicyclic) bond motifs is 3. The van der Waals surface area contributed by atoms with Crippen molar-refractivity contribution >= 4 is 21.5 Å². The van der Waals surface area contributed by atoms with Gasteiger partial charge in [-0.05, 0) is 78.2 Å². The average molecular weight is 483 g/mol. The van der Waals surface area contributed by atoms with Crippen LogP contribution in [0.5, 0.6) is 0 Å². The van der Waals surface area contributed by atoms with E-state index in [0.29, 0.717) is 0 Å². The molecule has 0 saturated carbocycles. The molecule has 0 aromatic heterocycles. The van der Waals surface area contributed by atoms with E-state index in [1.54, 1.807) is 0 Å². The Morgan fingerprint density at radius 1 is 0.211 bits per heavy atom. The van der Waals surface area contributed by atoms with Crippen LogP contribution in [-0.2, 0) is 0 Å². The van der Waals surface area contributed by atoms with Gasteiger partial charge in [-0.3, -0.25) is 0 Å². The fourth-order valence-corrected chi connectivity index (χ4v) is 5.67. The van der Waals surface area contributed by atoms with Crippen molar-refractivity contribution in [1.82, 2.24) is 0 Å². The average Bonchev–Trinajstić information content (AvgIpc) is 3.01. The third-order valence-corrected chi connectivity index (χ3v) is 7.46. The summed E-state index contributed by atoms with van der Waals surface area (Å²) in [4.78, 5) is 0. The summed E-state index contributed by atoms with van der Waals surface area (Å²) in [5.41, 5.74) is 9.96. The second-order valence-electron chi connectivity index (χ2n) is 9.73. The lowest BCUT2D eigenvalue weighted by molar-refractivity contribution is 1.61. The number of rotatable bonds is 4. The van der Waals surface area contributed by atoms with Gasteiger partial charge in [-0.1, -0.05) is 146 Å². The van der Waals surface area contributed by atoms with Crippen LogP contribution in [0.15, 0.2) is 158 Å². The van der Waals surface area contributed by atoms with Gasteiger partial charge in [0.2, 0.25) is 0 Å². The molecule has 0 radical (unpaired) electrons. The Labute approximate surface area is 223 Å². The van der Waals surface area contributed by atoms with Gasteiger partial charge in [0.05, 0.1) is 0 Å². The molecule has 178 valence electrons. The maximum absolute atomic E-state index is 2.38. The van der Waals surface area contributed by atoms with E-state index >= 15 is 0 Å². The van der Waals surface area contributed by atoms with Crippen LogP contribution >= 0.6 is 0 Å². The molecule has 38 heavy (non-hydrogen) atoms. The summed E-state index contributed by atoms with van der Waals surface area (Å²) < 4.78 is 0. The predicted molar refractivity (Wildman–Crippen MR) is 163 cm³/mol. The van der Waals surface area contributed by atoms with Crippen molar-refractivity contribution in [2.75, 3.05) is 0 Å². The van der Waals surface area contributed by atoms with Gasteiger partial charge < -0.3 is 0 Å². The molecule has 7 rings (SSSR count). The zero-order chi connectivity index (χ0) is 25.3. The molecule has 0 aliphatic rings. The SMILES string of the molecule is c1ccc(-c2ccc3c(-c4ccccc4)c(-c4ccccc4)c4ccc(-c5ccccc5)cc4c3c2)cc1. The smallest absolute Gasteiger partial charge is 0.00203 e. The first-order chi connectivity index (χ1) is 18.9. The number of hydrogen-bond acceptors (Lipinski definition) is 0. The second-order valence-corrected chi connectivity index (χ2v) is 9.73. The van der Waals surface area contributed by atoms with E-state index in [1.807, 2.05) is 0 Å².